The Kier molecular flexibility index (Phi) is 6.88. The smallest absolute Gasteiger partial charge is 0.191 e. The minimum atomic E-state index is 0.229. The molecular weight excluding hydrogens is 338 g/mol. The number of phenolic OH excluding ortho intramolecular Hbond substituents is 1. The highest BCUT2D eigenvalue weighted by Crippen LogP contribution is 2.23. The molecule has 0 amide bonds. The first-order chi connectivity index (χ1) is 12.7. The molecule has 27 heavy (non-hydrogen) atoms. The Morgan fingerprint density at radius 3 is 2.37 bits per heavy atom. The van der Waals surface area contributed by atoms with E-state index in [9.17, 15) is 5.11 Å². The normalized spacial score (nSPS) is 12.9. The van der Waals surface area contributed by atoms with E-state index in [2.05, 4.69) is 43.4 Å². The highest BCUT2D eigenvalue weighted by molar-refractivity contribution is 5.80. The number of aryl methyl sites for hydroxylation is 4. The summed E-state index contributed by atoms with van der Waals surface area (Å²) in [6, 6.07) is 4.20. The molecule has 0 spiro atoms. The summed E-state index contributed by atoms with van der Waals surface area (Å²) >= 11 is 0. The number of phenols is 1. The van der Waals surface area contributed by atoms with Gasteiger partial charge < -0.3 is 15.7 Å². The second kappa shape index (κ2) is 8.93. The van der Waals surface area contributed by atoms with Gasteiger partial charge in [-0.1, -0.05) is 12.1 Å². The third-order valence-corrected chi connectivity index (χ3v) is 4.87. The van der Waals surface area contributed by atoms with E-state index in [1.54, 1.807) is 0 Å². The topological polar surface area (TPSA) is 74.5 Å². The molecule has 6 heteroatoms. The van der Waals surface area contributed by atoms with Gasteiger partial charge in [-0.15, -0.1) is 0 Å². The van der Waals surface area contributed by atoms with Gasteiger partial charge in [-0.05, 0) is 70.2 Å². The van der Waals surface area contributed by atoms with Crippen molar-refractivity contribution < 1.29 is 5.11 Å². The number of aromatic hydroxyl groups is 1. The minimum Gasteiger partial charge on any atom is -0.507 e. The van der Waals surface area contributed by atoms with Gasteiger partial charge in [0.15, 0.2) is 5.96 Å². The van der Waals surface area contributed by atoms with Gasteiger partial charge in [0.25, 0.3) is 0 Å². The molecule has 0 aliphatic carbocycles. The van der Waals surface area contributed by atoms with Crippen molar-refractivity contribution in [3.05, 3.63) is 45.8 Å². The second-order valence-electron chi connectivity index (χ2n) is 7.30. The van der Waals surface area contributed by atoms with Gasteiger partial charge in [-0.25, -0.2) is 4.99 Å². The van der Waals surface area contributed by atoms with Crippen LogP contribution in [0.1, 0.15) is 47.5 Å². The van der Waals surface area contributed by atoms with Crippen LogP contribution in [0.3, 0.4) is 0 Å². The van der Waals surface area contributed by atoms with Crippen LogP contribution in [0.25, 0.3) is 0 Å². The van der Waals surface area contributed by atoms with Gasteiger partial charge in [0.2, 0.25) is 0 Å². The summed E-state index contributed by atoms with van der Waals surface area (Å²) < 4.78 is 1.94. The Bertz CT molecular complexity index is 799. The summed E-state index contributed by atoms with van der Waals surface area (Å²) in [6.07, 6.45) is 0.896. The number of hydrogen-bond acceptors (Lipinski definition) is 3. The third-order valence-electron chi connectivity index (χ3n) is 4.87. The maximum Gasteiger partial charge on any atom is 0.191 e. The highest BCUT2D eigenvalue weighted by atomic mass is 16.3. The summed E-state index contributed by atoms with van der Waals surface area (Å²) in [4.78, 5) is 4.72. The highest BCUT2D eigenvalue weighted by Gasteiger charge is 2.14. The van der Waals surface area contributed by atoms with E-state index < -0.39 is 0 Å². The summed E-state index contributed by atoms with van der Waals surface area (Å²) in [7, 11) is 1.98. The van der Waals surface area contributed by atoms with Gasteiger partial charge in [0.05, 0.1) is 12.2 Å². The quantitative estimate of drug-likeness (QED) is 0.539. The third kappa shape index (κ3) is 5.25. The van der Waals surface area contributed by atoms with Gasteiger partial charge in [-0.3, -0.25) is 4.68 Å². The molecule has 0 radical (unpaired) electrons. The standard InChI is InChI=1S/C21H33N5O/c1-8-22-21(23-12-18-9-13(2)20(27)14(3)10-18)24-15(4)11-19-16(5)25-26(7)17(19)6/h9-10,15,27H,8,11-12H2,1-7H3,(H2,22,23,24). The largest absolute Gasteiger partial charge is 0.507 e. The first kappa shape index (κ1) is 20.8. The zero-order valence-electron chi connectivity index (χ0n) is 17.6. The lowest BCUT2D eigenvalue weighted by Crippen LogP contribution is -2.43. The van der Waals surface area contributed by atoms with Crippen molar-refractivity contribution in [3.8, 4) is 5.75 Å². The molecule has 2 rings (SSSR count). The molecule has 0 fully saturated rings. The number of aliphatic imine (C=N–C) groups is 1. The predicted molar refractivity (Wildman–Crippen MR) is 111 cm³/mol. The van der Waals surface area contributed by atoms with Crippen molar-refractivity contribution in [2.24, 2.45) is 12.0 Å². The zero-order chi connectivity index (χ0) is 20.1. The summed E-state index contributed by atoms with van der Waals surface area (Å²) in [5.41, 5.74) is 6.44. The van der Waals surface area contributed by atoms with Crippen LogP contribution < -0.4 is 10.6 Å². The molecule has 0 aliphatic rings. The molecule has 1 aromatic heterocycles. The summed E-state index contributed by atoms with van der Waals surface area (Å²) in [6.45, 7) is 13.6. The Morgan fingerprint density at radius 2 is 1.85 bits per heavy atom. The molecule has 6 nitrogen and oxygen atoms in total. The van der Waals surface area contributed by atoms with Crippen molar-refractivity contribution in [3.63, 3.8) is 0 Å². The van der Waals surface area contributed by atoms with E-state index in [0.717, 1.165) is 41.3 Å². The average molecular weight is 372 g/mol. The van der Waals surface area contributed by atoms with Gasteiger partial charge >= 0.3 is 0 Å². The van der Waals surface area contributed by atoms with Gasteiger partial charge in [0.1, 0.15) is 5.75 Å². The lowest BCUT2D eigenvalue weighted by atomic mass is 10.1. The molecule has 148 valence electrons. The van der Waals surface area contributed by atoms with E-state index in [0.29, 0.717) is 12.3 Å². The van der Waals surface area contributed by atoms with E-state index >= 15 is 0 Å². The number of nitrogens with zero attached hydrogens (tertiary/aromatic N) is 3. The summed E-state index contributed by atoms with van der Waals surface area (Å²) in [5.74, 6) is 1.16. The molecule has 1 heterocycles. The number of aromatic nitrogens is 2. The van der Waals surface area contributed by atoms with Crippen molar-refractivity contribution in [1.29, 1.82) is 0 Å². The fourth-order valence-electron chi connectivity index (χ4n) is 3.33. The van der Waals surface area contributed by atoms with Crippen molar-refractivity contribution in [2.45, 2.75) is 60.5 Å². The Balaban J connectivity index is 2.08. The number of benzene rings is 1. The molecule has 1 aromatic carbocycles. The van der Waals surface area contributed by atoms with Crippen molar-refractivity contribution >= 4 is 5.96 Å². The Morgan fingerprint density at radius 1 is 1.22 bits per heavy atom. The lowest BCUT2D eigenvalue weighted by molar-refractivity contribution is 0.466. The Labute approximate surface area is 162 Å². The molecule has 0 saturated heterocycles. The maximum absolute atomic E-state index is 9.93. The molecular formula is C21H33N5O. The first-order valence-electron chi connectivity index (χ1n) is 9.55. The minimum absolute atomic E-state index is 0.229. The van der Waals surface area contributed by atoms with Crippen LogP contribution in [-0.2, 0) is 20.0 Å². The molecule has 1 atom stereocenters. The van der Waals surface area contributed by atoms with Crippen LogP contribution in [0.4, 0.5) is 0 Å². The van der Waals surface area contributed by atoms with Crippen LogP contribution in [0, 0.1) is 27.7 Å². The number of guanidine groups is 1. The molecule has 0 saturated carbocycles. The Hall–Kier alpha value is -2.50. The van der Waals surface area contributed by atoms with Crippen molar-refractivity contribution in [1.82, 2.24) is 20.4 Å². The van der Waals surface area contributed by atoms with Crippen LogP contribution in [0.15, 0.2) is 17.1 Å². The van der Waals surface area contributed by atoms with Gasteiger partial charge in [0, 0.05) is 25.3 Å². The first-order valence-corrected chi connectivity index (χ1v) is 9.55. The molecule has 1 unspecified atom stereocenters. The second-order valence-corrected chi connectivity index (χ2v) is 7.30. The zero-order valence-corrected chi connectivity index (χ0v) is 17.6. The lowest BCUT2D eigenvalue weighted by Gasteiger charge is -2.18. The van der Waals surface area contributed by atoms with E-state index in [4.69, 9.17) is 4.99 Å². The van der Waals surface area contributed by atoms with Crippen LogP contribution in [-0.4, -0.2) is 33.4 Å². The predicted octanol–water partition coefficient (Wildman–Crippen LogP) is 3.05. The fraction of sp³-hybridized carbons (Fsp3) is 0.524. The molecule has 3 N–H and O–H groups in total. The van der Waals surface area contributed by atoms with Gasteiger partial charge in [-0.2, -0.15) is 5.10 Å². The molecule has 2 aromatic rings. The number of rotatable bonds is 6. The maximum atomic E-state index is 9.93. The SMILES string of the molecule is CCNC(=NCc1cc(C)c(O)c(C)c1)NC(C)Cc1c(C)nn(C)c1C. The van der Waals surface area contributed by atoms with Crippen LogP contribution in [0.2, 0.25) is 0 Å². The van der Waals surface area contributed by atoms with E-state index in [-0.39, 0.29) is 6.04 Å². The fourth-order valence-corrected chi connectivity index (χ4v) is 3.33. The van der Waals surface area contributed by atoms with E-state index in [1.165, 1.54) is 11.3 Å². The van der Waals surface area contributed by atoms with Crippen molar-refractivity contribution in [2.75, 3.05) is 6.54 Å². The number of nitrogens with one attached hydrogen (secondary N) is 2. The van der Waals surface area contributed by atoms with Crippen LogP contribution in [0.5, 0.6) is 5.75 Å². The average Bonchev–Trinajstić information content (AvgIpc) is 2.83. The van der Waals surface area contributed by atoms with Crippen LogP contribution >= 0.6 is 0 Å². The monoisotopic (exact) mass is 371 g/mol. The van der Waals surface area contributed by atoms with E-state index in [1.807, 2.05) is 37.7 Å². The molecule has 0 aliphatic heterocycles. The summed E-state index contributed by atoms with van der Waals surface area (Å²) in [5, 5.41) is 21.2. The number of hydrogen-bond donors (Lipinski definition) is 3. The molecule has 0 bridgehead atoms.